The molecular formula is C18H23N5O2. The summed E-state index contributed by atoms with van der Waals surface area (Å²) < 4.78 is 1.68. The zero-order chi connectivity index (χ0) is 17.8. The van der Waals surface area contributed by atoms with Crippen LogP contribution < -0.4 is 5.32 Å². The van der Waals surface area contributed by atoms with Gasteiger partial charge in [0.15, 0.2) is 0 Å². The molecule has 0 saturated carbocycles. The molecule has 0 aliphatic carbocycles. The third kappa shape index (κ3) is 3.71. The highest BCUT2D eigenvalue weighted by atomic mass is 16.2. The smallest absolute Gasteiger partial charge is 0.253 e. The van der Waals surface area contributed by atoms with E-state index in [0.29, 0.717) is 31.7 Å². The van der Waals surface area contributed by atoms with Gasteiger partial charge in [-0.3, -0.25) is 14.3 Å². The van der Waals surface area contributed by atoms with Crippen LogP contribution in [0, 0.1) is 0 Å². The lowest BCUT2D eigenvalue weighted by atomic mass is 10.1. The minimum Gasteiger partial charge on any atom is -0.337 e. The SMILES string of the molecule is CNC(C(=O)N1CCN(C(=O)c2ccccc2)CC1)c1cnn(C)c1. The van der Waals surface area contributed by atoms with Crippen LogP contribution in [0.5, 0.6) is 0 Å². The molecule has 0 radical (unpaired) electrons. The highest BCUT2D eigenvalue weighted by Crippen LogP contribution is 2.17. The molecule has 132 valence electrons. The molecule has 25 heavy (non-hydrogen) atoms. The van der Waals surface area contributed by atoms with Crippen molar-refractivity contribution < 1.29 is 9.59 Å². The molecule has 3 rings (SSSR count). The van der Waals surface area contributed by atoms with Crippen molar-refractivity contribution >= 4 is 11.8 Å². The Morgan fingerprint density at radius 1 is 1.08 bits per heavy atom. The van der Waals surface area contributed by atoms with E-state index in [0.717, 1.165) is 5.56 Å². The summed E-state index contributed by atoms with van der Waals surface area (Å²) in [5, 5.41) is 7.20. The third-order valence-corrected chi connectivity index (χ3v) is 4.49. The van der Waals surface area contributed by atoms with Crippen LogP contribution in [-0.2, 0) is 11.8 Å². The zero-order valence-corrected chi connectivity index (χ0v) is 14.6. The van der Waals surface area contributed by atoms with Crippen LogP contribution in [0.3, 0.4) is 0 Å². The zero-order valence-electron chi connectivity index (χ0n) is 14.6. The Balaban J connectivity index is 1.61. The van der Waals surface area contributed by atoms with Gasteiger partial charge in [0.1, 0.15) is 6.04 Å². The first kappa shape index (κ1) is 17.2. The number of amides is 2. The Labute approximate surface area is 147 Å². The van der Waals surface area contributed by atoms with Gasteiger partial charge in [0.05, 0.1) is 6.20 Å². The lowest BCUT2D eigenvalue weighted by molar-refractivity contribution is -0.135. The Bertz CT molecular complexity index is 735. The molecule has 0 bridgehead atoms. The van der Waals surface area contributed by atoms with E-state index in [1.807, 2.05) is 48.5 Å². The van der Waals surface area contributed by atoms with Gasteiger partial charge in [0, 0.05) is 50.6 Å². The summed E-state index contributed by atoms with van der Waals surface area (Å²) >= 11 is 0. The number of carbonyl (C=O) groups is 2. The first-order valence-electron chi connectivity index (χ1n) is 8.39. The molecule has 0 spiro atoms. The summed E-state index contributed by atoms with van der Waals surface area (Å²) in [5.74, 6) is 0.0347. The Hall–Kier alpha value is -2.67. The molecule has 2 aromatic rings. The summed E-state index contributed by atoms with van der Waals surface area (Å²) in [4.78, 5) is 28.9. The van der Waals surface area contributed by atoms with Gasteiger partial charge >= 0.3 is 0 Å². The van der Waals surface area contributed by atoms with Gasteiger partial charge in [0.2, 0.25) is 5.91 Å². The van der Waals surface area contributed by atoms with Crippen LogP contribution in [0.4, 0.5) is 0 Å². The molecule has 1 fully saturated rings. The molecule has 7 nitrogen and oxygen atoms in total. The fourth-order valence-corrected chi connectivity index (χ4v) is 3.10. The minimum absolute atomic E-state index is 0.0160. The highest BCUT2D eigenvalue weighted by molar-refractivity contribution is 5.94. The van der Waals surface area contributed by atoms with E-state index in [-0.39, 0.29) is 11.8 Å². The lowest BCUT2D eigenvalue weighted by Crippen LogP contribution is -2.52. The number of aromatic nitrogens is 2. The Kier molecular flexibility index (Phi) is 5.14. The van der Waals surface area contributed by atoms with Crippen LogP contribution in [0.2, 0.25) is 0 Å². The molecule has 1 unspecified atom stereocenters. The van der Waals surface area contributed by atoms with Crippen molar-refractivity contribution in [2.24, 2.45) is 7.05 Å². The normalized spacial score (nSPS) is 15.9. The number of aryl methyl sites for hydroxylation is 1. The molecule has 2 amide bonds. The fourth-order valence-electron chi connectivity index (χ4n) is 3.10. The first-order valence-corrected chi connectivity index (χ1v) is 8.39. The van der Waals surface area contributed by atoms with E-state index < -0.39 is 6.04 Å². The predicted molar refractivity (Wildman–Crippen MR) is 93.9 cm³/mol. The van der Waals surface area contributed by atoms with E-state index >= 15 is 0 Å². The van der Waals surface area contributed by atoms with Gasteiger partial charge in [-0.1, -0.05) is 18.2 Å². The topological polar surface area (TPSA) is 70.5 Å². The van der Waals surface area contributed by atoms with Gasteiger partial charge in [-0.2, -0.15) is 5.10 Å². The van der Waals surface area contributed by atoms with Crippen molar-refractivity contribution in [2.45, 2.75) is 6.04 Å². The van der Waals surface area contributed by atoms with Crippen molar-refractivity contribution in [3.05, 3.63) is 53.9 Å². The van der Waals surface area contributed by atoms with Crippen molar-refractivity contribution in [1.29, 1.82) is 0 Å². The molecule has 7 heteroatoms. The second-order valence-corrected chi connectivity index (χ2v) is 6.15. The molecule has 2 heterocycles. The summed E-state index contributed by atoms with van der Waals surface area (Å²) in [6.07, 6.45) is 3.54. The van der Waals surface area contributed by atoms with Crippen molar-refractivity contribution in [3.8, 4) is 0 Å². The van der Waals surface area contributed by atoms with Gasteiger partial charge in [-0.25, -0.2) is 0 Å². The van der Waals surface area contributed by atoms with Crippen molar-refractivity contribution in [2.75, 3.05) is 33.2 Å². The first-order chi connectivity index (χ1) is 12.1. The molecule has 1 aromatic heterocycles. The minimum atomic E-state index is -0.412. The summed E-state index contributed by atoms with van der Waals surface area (Å²) in [6.45, 7) is 2.16. The number of nitrogens with one attached hydrogen (secondary N) is 1. The van der Waals surface area contributed by atoms with Crippen molar-refractivity contribution in [1.82, 2.24) is 24.9 Å². The molecular weight excluding hydrogens is 318 g/mol. The maximum Gasteiger partial charge on any atom is 0.253 e. The molecule has 1 atom stereocenters. The molecule has 1 aliphatic heterocycles. The number of hydrogen-bond acceptors (Lipinski definition) is 4. The van der Waals surface area contributed by atoms with Crippen LogP contribution in [0.15, 0.2) is 42.7 Å². The van der Waals surface area contributed by atoms with Crippen LogP contribution in [-0.4, -0.2) is 64.6 Å². The number of carbonyl (C=O) groups excluding carboxylic acids is 2. The van der Waals surface area contributed by atoms with Crippen molar-refractivity contribution in [3.63, 3.8) is 0 Å². The number of piperazine rings is 1. The van der Waals surface area contributed by atoms with Gasteiger partial charge in [-0.15, -0.1) is 0 Å². The molecule has 1 N–H and O–H groups in total. The Morgan fingerprint density at radius 2 is 1.72 bits per heavy atom. The highest BCUT2D eigenvalue weighted by Gasteiger charge is 2.29. The lowest BCUT2D eigenvalue weighted by Gasteiger charge is -2.36. The number of likely N-dealkylation sites (N-methyl/N-ethyl adjacent to an activating group) is 1. The number of benzene rings is 1. The standard InChI is InChI=1S/C18H23N5O2/c1-19-16(15-12-20-21(2)13-15)18(25)23-10-8-22(9-11-23)17(24)14-6-4-3-5-7-14/h3-7,12-13,16,19H,8-11H2,1-2H3. The van der Waals surface area contributed by atoms with E-state index in [1.165, 1.54) is 0 Å². The van der Waals surface area contributed by atoms with Gasteiger partial charge in [-0.05, 0) is 19.2 Å². The number of hydrogen-bond donors (Lipinski definition) is 1. The van der Waals surface area contributed by atoms with Crippen LogP contribution in [0.1, 0.15) is 22.0 Å². The average molecular weight is 341 g/mol. The third-order valence-electron chi connectivity index (χ3n) is 4.49. The van der Waals surface area contributed by atoms with Gasteiger partial charge < -0.3 is 15.1 Å². The number of nitrogens with zero attached hydrogens (tertiary/aromatic N) is 4. The summed E-state index contributed by atoms with van der Waals surface area (Å²) in [5.41, 5.74) is 1.53. The van der Waals surface area contributed by atoms with E-state index in [2.05, 4.69) is 10.4 Å². The monoisotopic (exact) mass is 341 g/mol. The maximum absolute atomic E-state index is 12.8. The fraction of sp³-hybridized carbons (Fsp3) is 0.389. The summed E-state index contributed by atoms with van der Waals surface area (Å²) in [6, 6.07) is 8.84. The van der Waals surface area contributed by atoms with Gasteiger partial charge in [0.25, 0.3) is 5.91 Å². The van der Waals surface area contributed by atoms with E-state index in [9.17, 15) is 9.59 Å². The number of rotatable bonds is 4. The quantitative estimate of drug-likeness (QED) is 0.887. The maximum atomic E-state index is 12.8. The second kappa shape index (κ2) is 7.48. The molecule has 1 saturated heterocycles. The van der Waals surface area contributed by atoms with E-state index in [4.69, 9.17) is 0 Å². The van der Waals surface area contributed by atoms with Crippen LogP contribution >= 0.6 is 0 Å². The Morgan fingerprint density at radius 3 is 2.28 bits per heavy atom. The summed E-state index contributed by atoms with van der Waals surface area (Å²) in [7, 11) is 3.60. The average Bonchev–Trinajstić information content (AvgIpc) is 3.08. The molecule has 1 aliphatic rings. The predicted octanol–water partition coefficient (Wildman–Crippen LogP) is 0.665. The second-order valence-electron chi connectivity index (χ2n) is 6.15. The van der Waals surface area contributed by atoms with E-state index in [1.54, 1.807) is 22.8 Å². The largest absolute Gasteiger partial charge is 0.337 e. The molecule has 1 aromatic carbocycles. The van der Waals surface area contributed by atoms with Crippen LogP contribution in [0.25, 0.3) is 0 Å².